The highest BCUT2D eigenvalue weighted by Gasteiger charge is 2.25. The van der Waals surface area contributed by atoms with E-state index in [2.05, 4.69) is 13.8 Å². The summed E-state index contributed by atoms with van der Waals surface area (Å²) in [7, 11) is 0. The average Bonchev–Trinajstić information content (AvgIpc) is 2.40. The van der Waals surface area contributed by atoms with E-state index in [0.717, 1.165) is 22.3 Å². The molecule has 0 unspecified atom stereocenters. The van der Waals surface area contributed by atoms with Gasteiger partial charge in [-0.1, -0.05) is 45.5 Å². The Balaban J connectivity index is 0.00000242. The molecule has 0 fully saturated rings. The van der Waals surface area contributed by atoms with Crippen LogP contribution in [0, 0.1) is 27.7 Å². The second-order valence-corrected chi connectivity index (χ2v) is 6.54. The standard InChI is InChI=1S/C19H24O2.CH4/c1-11-7-15(8-12(2)17(11)20)19(5,6)16-9-13(3)18(21)14(4)10-16;/h7-10,20-21H,1-6H3;1H4. The van der Waals surface area contributed by atoms with E-state index in [9.17, 15) is 10.2 Å². The maximum absolute atomic E-state index is 9.96. The molecule has 0 atom stereocenters. The molecule has 2 N–H and O–H groups in total. The van der Waals surface area contributed by atoms with E-state index in [0.29, 0.717) is 11.5 Å². The van der Waals surface area contributed by atoms with E-state index in [1.165, 1.54) is 11.1 Å². The zero-order valence-corrected chi connectivity index (χ0v) is 13.7. The van der Waals surface area contributed by atoms with Gasteiger partial charge >= 0.3 is 0 Å². The van der Waals surface area contributed by atoms with E-state index in [-0.39, 0.29) is 12.8 Å². The lowest BCUT2D eigenvalue weighted by Crippen LogP contribution is -2.19. The van der Waals surface area contributed by atoms with Crippen LogP contribution < -0.4 is 0 Å². The fourth-order valence-electron chi connectivity index (χ4n) is 2.80. The molecule has 0 amide bonds. The predicted molar refractivity (Wildman–Crippen MR) is 94.0 cm³/mol. The molecule has 0 bridgehead atoms. The van der Waals surface area contributed by atoms with E-state index >= 15 is 0 Å². The van der Waals surface area contributed by atoms with Crippen LogP contribution in [0.25, 0.3) is 0 Å². The van der Waals surface area contributed by atoms with Crippen molar-refractivity contribution in [2.45, 2.75) is 54.4 Å². The molecular formula is C20H28O2. The van der Waals surface area contributed by atoms with Crippen LogP contribution >= 0.6 is 0 Å². The Bertz CT molecular complexity index is 591. The van der Waals surface area contributed by atoms with Gasteiger partial charge in [-0.2, -0.15) is 0 Å². The van der Waals surface area contributed by atoms with Crippen molar-refractivity contribution in [3.63, 3.8) is 0 Å². The second kappa shape index (κ2) is 6.04. The summed E-state index contributed by atoms with van der Waals surface area (Å²) in [6, 6.07) is 8.17. The predicted octanol–water partition coefficient (Wildman–Crippen LogP) is 5.29. The van der Waals surface area contributed by atoms with Crippen LogP contribution in [0.5, 0.6) is 11.5 Å². The van der Waals surface area contributed by atoms with E-state index in [1.807, 2.05) is 52.0 Å². The minimum Gasteiger partial charge on any atom is -0.507 e. The number of benzene rings is 2. The van der Waals surface area contributed by atoms with Crippen LogP contribution in [-0.4, -0.2) is 10.2 Å². The van der Waals surface area contributed by atoms with E-state index < -0.39 is 0 Å². The normalized spacial score (nSPS) is 11.2. The van der Waals surface area contributed by atoms with Gasteiger partial charge in [-0.15, -0.1) is 0 Å². The van der Waals surface area contributed by atoms with Crippen LogP contribution in [-0.2, 0) is 5.41 Å². The summed E-state index contributed by atoms with van der Waals surface area (Å²) in [5.41, 5.74) is 5.72. The molecule has 2 aromatic carbocycles. The van der Waals surface area contributed by atoms with Gasteiger partial charge < -0.3 is 10.2 Å². The monoisotopic (exact) mass is 300 g/mol. The van der Waals surface area contributed by atoms with Crippen molar-refractivity contribution < 1.29 is 10.2 Å². The first kappa shape index (κ1) is 18.1. The molecule has 0 aliphatic carbocycles. The third kappa shape index (κ3) is 2.96. The summed E-state index contributed by atoms with van der Waals surface area (Å²) in [6.45, 7) is 12.0. The average molecular weight is 300 g/mol. The molecular weight excluding hydrogens is 272 g/mol. The van der Waals surface area contributed by atoms with Crippen LogP contribution in [0.4, 0.5) is 0 Å². The summed E-state index contributed by atoms with van der Waals surface area (Å²) in [5, 5.41) is 19.9. The minimum atomic E-state index is -0.188. The van der Waals surface area contributed by atoms with Crippen LogP contribution in [0.2, 0.25) is 0 Å². The number of hydrogen-bond acceptors (Lipinski definition) is 2. The van der Waals surface area contributed by atoms with Gasteiger partial charge in [-0.25, -0.2) is 0 Å². The zero-order valence-electron chi connectivity index (χ0n) is 13.7. The van der Waals surface area contributed by atoms with Gasteiger partial charge in [0, 0.05) is 5.41 Å². The summed E-state index contributed by atoms with van der Waals surface area (Å²) in [5.74, 6) is 0.736. The van der Waals surface area contributed by atoms with Gasteiger partial charge in [0.2, 0.25) is 0 Å². The summed E-state index contributed by atoms with van der Waals surface area (Å²) in [6.07, 6.45) is 0. The molecule has 0 aliphatic rings. The molecule has 2 heteroatoms. The fraction of sp³-hybridized carbons (Fsp3) is 0.400. The highest BCUT2D eigenvalue weighted by molar-refractivity contribution is 5.51. The van der Waals surface area contributed by atoms with Crippen molar-refractivity contribution in [1.82, 2.24) is 0 Å². The lowest BCUT2D eigenvalue weighted by atomic mass is 9.76. The molecule has 0 saturated heterocycles. The van der Waals surface area contributed by atoms with Crippen LogP contribution in [0.1, 0.15) is 54.7 Å². The van der Waals surface area contributed by atoms with Crippen molar-refractivity contribution in [2.24, 2.45) is 0 Å². The minimum absolute atomic E-state index is 0. The lowest BCUT2D eigenvalue weighted by Gasteiger charge is -2.28. The van der Waals surface area contributed by atoms with Gasteiger partial charge in [-0.05, 0) is 61.1 Å². The number of aryl methyl sites for hydroxylation is 4. The van der Waals surface area contributed by atoms with Gasteiger partial charge in [-0.3, -0.25) is 0 Å². The Morgan fingerprint density at radius 1 is 0.636 bits per heavy atom. The number of rotatable bonds is 2. The molecule has 0 aromatic heterocycles. The van der Waals surface area contributed by atoms with Crippen molar-refractivity contribution in [3.05, 3.63) is 57.6 Å². The Labute approximate surface area is 134 Å². The van der Waals surface area contributed by atoms with Crippen molar-refractivity contribution in [1.29, 1.82) is 0 Å². The molecule has 0 saturated carbocycles. The van der Waals surface area contributed by atoms with Crippen molar-refractivity contribution in [3.8, 4) is 11.5 Å². The Morgan fingerprint density at radius 2 is 0.864 bits per heavy atom. The van der Waals surface area contributed by atoms with Crippen LogP contribution in [0.3, 0.4) is 0 Å². The summed E-state index contributed by atoms with van der Waals surface area (Å²) in [4.78, 5) is 0. The number of phenolic OH excluding ortho intramolecular Hbond substituents is 2. The van der Waals surface area contributed by atoms with Gasteiger partial charge in [0.1, 0.15) is 11.5 Å². The second-order valence-electron chi connectivity index (χ2n) is 6.54. The Hall–Kier alpha value is -1.96. The highest BCUT2D eigenvalue weighted by atomic mass is 16.3. The largest absolute Gasteiger partial charge is 0.507 e. The Kier molecular flexibility index (Phi) is 4.96. The smallest absolute Gasteiger partial charge is 0.121 e. The lowest BCUT2D eigenvalue weighted by molar-refractivity contribution is 0.465. The molecule has 2 aromatic rings. The molecule has 0 aliphatic heterocycles. The van der Waals surface area contributed by atoms with Crippen LogP contribution in [0.15, 0.2) is 24.3 Å². The molecule has 2 nitrogen and oxygen atoms in total. The SMILES string of the molecule is C.Cc1cc(C(C)(C)c2cc(C)c(O)c(C)c2)cc(C)c1O. The molecule has 22 heavy (non-hydrogen) atoms. The third-order valence-corrected chi connectivity index (χ3v) is 4.43. The fourth-order valence-corrected chi connectivity index (χ4v) is 2.80. The first-order valence-corrected chi connectivity index (χ1v) is 7.26. The quantitative estimate of drug-likeness (QED) is 0.790. The first-order chi connectivity index (χ1) is 9.64. The molecule has 120 valence electrons. The summed E-state index contributed by atoms with van der Waals surface area (Å²) < 4.78 is 0. The number of hydrogen-bond donors (Lipinski definition) is 2. The van der Waals surface area contributed by atoms with Gasteiger partial charge in [0.05, 0.1) is 0 Å². The van der Waals surface area contributed by atoms with Gasteiger partial charge in [0.15, 0.2) is 0 Å². The van der Waals surface area contributed by atoms with Gasteiger partial charge in [0.25, 0.3) is 0 Å². The molecule has 0 spiro atoms. The number of phenols is 2. The molecule has 0 heterocycles. The van der Waals surface area contributed by atoms with E-state index in [4.69, 9.17) is 0 Å². The maximum atomic E-state index is 9.96. The van der Waals surface area contributed by atoms with Crippen molar-refractivity contribution >= 4 is 0 Å². The van der Waals surface area contributed by atoms with Crippen molar-refractivity contribution in [2.75, 3.05) is 0 Å². The first-order valence-electron chi connectivity index (χ1n) is 7.26. The third-order valence-electron chi connectivity index (χ3n) is 4.43. The molecule has 0 radical (unpaired) electrons. The highest BCUT2D eigenvalue weighted by Crippen LogP contribution is 2.37. The molecule has 2 rings (SSSR count). The summed E-state index contributed by atoms with van der Waals surface area (Å²) >= 11 is 0. The Morgan fingerprint density at radius 3 is 1.09 bits per heavy atom. The maximum Gasteiger partial charge on any atom is 0.121 e. The topological polar surface area (TPSA) is 40.5 Å². The zero-order chi connectivity index (χ0) is 15.9. The van der Waals surface area contributed by atoms with E-state index in [1.54, 1.807) is 0 Å². The number of aromatic hydroxyl groups is 2.